The molecule has 31 heavy (non-hydrogen) atoms. The maximum atomic E-state index is 14.4. The molecular weight excluding hydrogens is 411 g/mol. The van der Waals surface area contributed by atoms with E-state index in [1.54, 1.807) is 4.68 Å². The van der Waals surface area contributed by atoms with Crippen molar-refractivity contribution in [1.29, 1.82) is 0 Å². The second-order valence-electron chi connectivity index (χ2n) is 8.31. The van der Waals surface area contributed by atoms with E-state index in [2.05, 4.69) is 36.3 Å². The topological polar surface area (TPSA) is 100 Å². The first kappa shape index (κ1) is 19.0. The zero-order valence-electron chi connectivity index (χ0n) is 16.8. The first-order valence-electron chi connectivity index (χ1n) is 10.3. The van der Waals surface area contributed by atoms with Crippen LogP contribution in [0.1, 0.15) is 64.2 Å². The number of halogens is 3. The van der Waals surface area contributed by atoms with Crippen molar-refractivity contribution in [3.05, 3.63) is 51.4 Å². The highest BCUT2D eigenvalue weighted by molar-refractivity contribution is 5.37. The van der Waals surface area contributed by atoms with Crippen LogP contribution in [0.5, 0.6) is 0 Å². The van der Waals surface area contributed by atoms with Gasteiger partial charge >= 0.3 is 6.18 Å². The summed E-state index contributed by atoms with van der Waals surface area (Å²) >= 11 is 0. The van der Waals surface area contributed by atoms with E-state index in [0.717, 1.165) is 32.9 Å². The minimum atomic E-state index is -4.53. The molecule has 2 atom stereocenters. The van der Waals surface area contributed by atoms with Gasteiger partial charge in [0.2, 0.25) is 0 Å². The lowest BCUT2D eigenvalue weighted by Crippen LogP contribution is -2.31. The Morgan fingerprint density at radius 2 is 1.65 bits per heavy atom. The molecule has 3 aromatic rings. The minimum absolute atomic E-state index is 0.0162. The summed E-state index contributed by atoms with van der Waals surface area (Å²) in [5, 5.41) is 25.7. The third kappa shape index (κ3) is 2.78. The maximum Gasteiger partial charge on any atom is 0.416 e. The van der Waals surface area contributed by atoms with Gasteiger partial charge in [0.25, 0.3) is 0 Å². The molecule has 9 nitrogen and oxygen atoms in total. The first-order valence-corrected chi connectivity index (χ1v) is 10.3. The fourth-order valence-corrected chi connectivity index (χ4v) is 5.00. The number of nitrogens with one attached hydrogen (secondary N) is 4. The lowest BCUT2D eigenvalue weighted by atomic mass is 10.1. The number of hydrogen-bond donors (Lipinski definition) is 4. The third-order valence-corrected chi connectivity index (χ3v) is 6.50. The molecule has 0 amide bonds. The van der Waals surface area contributed by atoms with Gasteiger partial charge in [0.15, 0.2) is 6.04 Å². The molecule has 2 unspecified atom stereocenters. The molecule has 0 bridgehead atoms. The van der Waals surface area contributed by atoms with Crippen molar-refractivity contribution in [2.45, 2.75) is 64.5 Å². The van der Waals surface area contributed by atoms with E-state index in [-0.39, 0.29) is 11.7 Å². The monoisotopic (exact) mass is 433 g/mol. The zero-order chi connectivity index (χ0) is 21.3. The molecule has 0 saturated carbocycles. The Morgan fingerprint density at radius 1 is 0.903 bits per heavy atom. The molecule has 4 N–H and O–H groups in total. The van der Waals surface area contributed by atoms with Gasteiger partial charge in [-0.05, 0) is 6.92 Å². The highest BCUT2D eigenvalue weighted by Gasteiger charge is 2.48. The fourth-order valence-electron chi connectivity index (χ4n) is 5.00. The highest BCUT2D eigenvalue weighted by Crippen LogP contribution is 2.41. The largest absolute Gasteiger partial charge is 0.416 e. The molecule has 0 saturated heterocycles. The van der Waals surface area contributed by atoms with E-state index in [0.29, 0.717) is 50.5 Å². The summed E-state index contributed by atoms with van der Waals surface area (Å²) < 4.78 is 46.0. The number of rotatable bonds is 4. The van der Waals surface area contributed by atoms with Crippen LogP contribution in [0.3, 0.4) is 0 Å². The molecule has 6 heterocycles. The lowest BCUT2D eigenvalue weighted by Gasteiger charge is -2.22. The standard InChI is InChI=1S/C19H22F3N9/c1-9(16-11-4-24-6-13(11)27-28-16)30-15-8-25-5-12(15)17(29-30)18(19(20,21)22)31-14-7-23-2-10(14)3-26-31/h3,9,18,23-25H,2,4-8H2,1H3,(H,27,28). The van der Waals surface area contributed by atoms with Crippen LogP contribution in [-0.2, 0) is 39.3 Å². The van der Waals surface area contributed by atoms with Gasteiger partial charge in [0, 0.05) is 56.0 Å². The zero-order valence-corrected chi connectivity index (χ0v) is 16.8. The fraction of sp³-hybridized carbons (Fsp3) is 0.526. The van der Waals surface area contributed by atoms with Crippen LogP contribution in [0.4, 0.5) is 13.2 Å². The molecule has 0 fully saturated rings. The van der Waals surface area contributed by atoms with E-state index >= 15 is 0 Å². The lowest BCUT2D eigenvalue weighted by molar-refractivity contribution is -0.160. The van der Waals surface area contributed by atoms with Gasteiger partial charge in [-0.1, -0.05) is 0 Å². The van der Waals surface area contributed by atoms with Gasteiger partial charge in [-0.3, -0.25) is 9.78 Å². The first-order chi connectivity index (χ1) is 14.9. The van der Waals surface area contributed by atoms with Crippen molar-refractivity contribution < 1.29 is 13.2 Å². The van der Waals surface area contributed by atoms with E-state index in [4.69, 9.17) is 0 Å². The number of fused-ring (bicyclic) bond motifs is 3. The normalized spacial score (nSPS) is 19.5. The SMILES string of the molecule is CC(c1n[nH]c2c1CNC2)n1nc(C(n2ncc3c2CNC3)C(F)(F)F)c2c1CNC2. The molecule has 0 aromatic carbocycles. The van der Waals surface area contributed by atoms with Gasteiger partial charge < -0.3 is 16.0 Å². The van der Waals surface area contributed by atoms with Gasteiger partial charge in [-0.25, -0.2) is 4.68 Å². The van der Waals surface area contributed by atoms with Crippen LogP contribution < -0.4 is 16.0 Å². The Kier molecular flexibility index (Phi) is 4.08. The van der Waals surface area contributed by atoms with Crippen LogP contribution in [0, 0.1) is 0 Å². The molecule has 3 aliphatic rings. The average Bonchev–Trinajstić information content (AvgIpc) is 3.50. The molecule has 0 spiro atoms. The highest BCUT2D eigenvalue weighted by atomic mass is 19.4. The molecule has 3 aromatic heterocycles. The maximum absolute atomic E-state index is 14.4. The van der Waals surface area contributed by atoms with Gasteiger partial charge in [-0.2, -0.15) is 28.5 Å². The molecule has 3 aliphatic heterocycles. The number of alkyl halides is 3. The summed E-state index contributed by atoms with van der Waals surface area (Å²) in [5.41, 5.74) is 5.69. The van der Waals surface area contributed by atoms with Crippen molar-refractivity contribution in [2.24, 2.45) is 0 Å². The van der Waals surface area contributed by atoms with Crippen molar-refractivity contribution in [1.82, 2.24) is 45.7 Å². The van der Waals surface area contributed by atoms with Crippen molar-refractivity contribution in [3.8, 4) is 0 Å². The molecule has 0 aliphatic carbocycles. The predicted molar refractivity (Wildman–Crippen MR) is 103 cm³/mol. The summed E-state index contributed by atoms with van der Waals surface area (Å²) in [7, 11) is 0. The second kappa shape index (κ2) is 6.65. The van der Waals surface area contributed by atoms with Crippen LogP contribution in [-0.4, -0.2) is 35.9 Å². The Labute approximate surface area is 175 Å². The van der Waals surface area contributed by atoms with E-state index in [1.807, 2.05) is 6.92 Å². The predicted octanol–water partition coefficient (Wildman–Crippen LogP) is 1.37. The number of H-pyrrole nitrogens is 1. The molecular formula is C19H22F3N9. The Balaban J connectivity index is 1.48. The number of aromatic nitrogens is 6. The average molecular weight is 433 g/mol. The Hall–Kier alpha value is -2.70. The quantitative estimate of drug-likeness (QED) is 0.496. The molecule has 164 valence electrons. The van der Waals surface area contributed by atoms with Crippen LogP contribution in [0.15, 0.2) is 6.20 Å². The number of nitrogens with zero attached hydrogens (tertiary/aromatic N) is 5. The summed E-state index contributed by atoms with van der Waals surface area (Å²) in [6, 6.07) is -2.22. The third-order valence-electron chi connectivity index (χ3n) is 6.50. The summed E-state index contributed by atoms with van der Waals surface area (Å²) in [6.45, 7) is 5.07. The number of aromatic amines is 1. The Bertz CT molecular complexity index is 1160. The van der Waals surface area contributed by atoms with Gasteiger partial charge in [0.05, 0.1) is 35.0 Å². The van der Waals surface area contributed by atoms with Crippen LogP contribution >= 0.6 is 0 Å². The summed E-state index contributed by atoms with van der Waals surface area (Å²) in [6.07, 6.45) is -3.01. The van der Waals surface area contributed by atoms with E-state index in [1.165, 1.54) is 6.20 Å². The smallest absolute Gasteiger partial charge is 0.307 e. The van der Waals surface area contributed by atoms with Gasteiger partial charge in [0.1, 0.15) is 5.69 Å². The summed E-state index contributed by atoms with van der Waals surface area (Å²) in [5.74, 6) is 0. The van der Waals surface area contributed by atoms with Crippen LogP contribution in [0.2, 0.25) is 0 Å². The molecule has 12 heteroatoms. The Morgan fingerprint density at radius 3 is 2.48 bits per heavy atom. The van der Waals surface area contributed by atoms with Crippen LogP contribution in [0.25, 0.3) is 0 Å². The van der Waals surface area contributed by atoms with Crippen molar-refractivity contribution in [2.75, 3.05) is 0 Å². The van der Waals surface area contributed by atoms with Gasteiger partial charge in [-0.15, -0.1) is 0 Å². The van der Waals surface area contributed by atoms with E-state index < -0.39 is 12.2 Å². The molecule has 6 rings (SSSR count). The minimum Gasteiger partial charge on any atom is -0.307 e. The van der Waals surface area contributed by atoms with Crippen molar-refractivity contribution >= 4 is 0 Å². The number of hydrogen-bond acceptors (Lipinski definition) is 6. The van der Waals surface area contributed by atoms with Crippen molar-refractivity contribution in [3.63, 3.8) is 0 Å². The van der Waals surface area contributed by atoms with E-state index in [9.17, 15) is 13.2 Å². The second-order valence-corrected chi connectivity index (χ2v) is 8.31. The summed E-state index contributed by atoms with van der Waals surface area (Å²) in [4.78, 5) is 0. The molecule has 0 radical (unpaired) electrons.